The molecule has 10 heteroatoms. The van der Waals surface area contributed by atoms with E-state index in [-0.39, 0.29) is 11.7 Å². The van der Waals surface area contributed by atoms with Gasteiger partial charge in [-0.15, -0.1) is 0 Å². The van der Waals surface area contributed by atoms with Crippen LogP contribution in [0.2, 0.25) is 0 Å². The number of hydrogen-bond donors (Lipinski definition) is 1. The summed E-state index contributed by atoms with van der Waals surface area (Å²) in [5.41, 5.74) is 0.439. The SMILES string of the molecule is CC1CN(c2ncc(F)c(N3CC(C)(C(=O)NC(C)(C)c4cnc5ccccn45)C3)n2)CCN1C. The molecule has 5 heterocycles. The number of imidazole rings is 1. The van der Waals surface area contributed by atoms with Gasteiger partial charge in [0.1, 0.15) is 5.65 Å². The molecule has 2 saturated heterocycles. The minimum absolute atomic E-state index is 0.0767. The van der Waals surface area contributed by atoms with Crippen molar-refractivity contribution in [3.63, 3.8) is 0 Å². The molecule has 3 aromatic heterocycles. The van der Waals surface area contributed by atoms with Gasteiger partial charge in [0, 0.05) is 45.0 Å². The predicted octanol–water partition coefficient (Wildman–Crippen LogP) is 2.28. The largest absolute Gasteiger partial charge is 0.352 e. The van der Waals surface area contributed by atoms with Gasteiger partial charge in [0.15, 0.2) is 11.6 Å². The van der Waals surface area contributed by atoms with Crippen LogP contribution in [0.1, 0.15) is 33.4 Å². The van der Waals surface area contributed by atoms with E-state index in [1.807, 2.05) is 54.5 Å². The third-order valence-electron chi connectivity index (χ3n) is 7.37. The van der Waals surface area contributed by atoms with Crippen molar-refractivity contribution in [1.29, 1.82) is 0 Å². The maximum atomic E-state index is 14.7. The number of anilines is 2. The fourth-order valence-corrected chi connectivity index (χ4v) is 4.94. The molecule has 1 atom stereocenters. The van der Waals surface area contributed by atoms with E-state index >= 15 is 0 Å². The lowest BCUT2D eigenvalue weighted by atomic mass is 9.80. The van der Waals surface area contributed by atoms with Crippen LogP contribution in [-0.2, 0) is 10.3 Å². The van der Waals surface area contributed by atoms with Gasteiger partial charge in [0.2, 0.25) is 11.9 Å². The summed E-state index contributed by atoms with van der Waals surface area (Å²) in [6, 6.07) is 6.17. The number of amides is 1. The van der Waals surface area contributed by atoms with E-state index in [1.165, 1.54) is 6.20 Å². The smallest absolute Gasteiger partial charge is 0.230 e. The molecule has 0 aromatic carbocycles. The van der Waals surface area contributed by atoms with E-state index in [1.54, 1.807) is 6.20 Å². The van der Waals surface area contributed by atoms with Crippen molar-refractivity contribution in [1.82, 2.24) is 29.6 Å². The van der Waals surface area contributed by atoms with E-state index in [9.17, 15) is 9.18 Å². The topological polar surface area (TPSA) is 81.9 Å². The molecule has 0 aliphatic carbocycles. The summed E-state index contributed by atoms with van der Waals surface area (Å²) in [7, 11) is 2.10. The van der Waals surface area contributed by atoms with E-state index in [4.69, 9.17) is 0 Å². The summed E-state index contributed by atoms with van der Waals surface area (Å²) in [5, 5.41) is 3.19. The van der Waals surface area contributed by atoms with Crippen LogP contribution in [0.5, 0.6) is 0 Å². The van der Waals surface area contributed by atoms with Crippen molar-refractivity contribution in [3.8, 4) is 0 Å². The highest BCUT2D eigenvalue weighted by Gasteiger charge is 2.48. The van der Waals surface area contributed by atoms with Crippen molar-refractivity contribution in [3.05, 3.63) is 48.3 Å². The first-order valence-electron chi connectivity index (χ1n) is 12.1. The van der Waals surface area contributed by atoms with Crippen molar-refractivity contribution in [2.24, 2.45) is 5.41 Å². The van der Waals surface area contributed by atoms with E-state index < -0.39 is 16.8 Å². The molecule has 9 nitrogen and oxygen atoms in total. The monoisotopic (exact) mass is 480 g/mol. The van der Waals surface area contributed by atoms with Gasteiger partial charge in [0.25, 0.3) is 0 Å². The van der Waals surface area contributed by atoms with Crippen LogP contribution in [-0.4, -0.2) is 76.0 Å². The Bertz CT molecular complexity index is 1250. The number of fused-ring (bicyclic) bond motifs is 1. The Morgan fingerprint density at radius 2 is 1.94 bits per heavy atom. The van der Waals surface area contributed by atoms with Crippen molar-refractivity contribution in [2.75, 3.05) is 49.6 Å². The third-order valence-corrected chi connectivity index (χ3v) is 7.37. The van der Waals surface area contributed by atoms with Gasteiger partial charge in [-0.1, -0.05) is 6.07 Å². The molecule has 1 N–H and O–H groups in total. The summed E-state index contributed by atoms with van der Waals surface area (Å²) < 4.78 is 16.7. The van der Waals surface area contributed by atoms with Crippen molar-refractivity contribution >= 4 is 23.3 Å². The lowest BCUT2D eigenvalue weighted by molar-refractivity contribution is -0.133. The summed E-state index contributed by atoms with van der Waals surface area (Å²) in [5.74, 6) is 0.248. The maximum absolute atomic E-state index is 14.7. The Balaban J connectivity index is 1.28. The molecule has 0 saturated carbocycles. The fourth-order valence-electron chi connectivity index (χ4n) is 4.94. The predicted molar refractivity (Wildman–Crippen MR) is 133 cm³/mol. The number of aromatic nitrogens is 4. The number of piperazine rings is 1. The Kier molecular flexibility index (Phi) is 5.66. The molecule has 1 unspecified atom stereocenters. The van der Waals surface area contributed by atoms with Crippen LogP contribution in [0.15, 0.2) is 36.8 Å². The zero-order chi connectivity index (χ0) is 25.0. The fraction of sp³-hybridized carbons (Fsp3) is 0.520. The number of likely N-dealkylation sites (N-methyl/N-ethyl adjacent to an activating group) is 1. The number of nitrogens with one attached hydrogen (secondary N) is 1. The minimum atomic E-state index is -0.655. The number of nitrogens with zero attached hydrogens (tertiary/aromatic N) is 7. The molecule has 1 amide bonds. The normalized spacial score (nSPS) is 20.7. The first-order valence-corrected chi connectivity index (χ1v) is 12.1. The molecule has 0 radical (unpaired) electrons. The number of pyridine rings is 1. The van der Waals surface area contributed by atoms with Crippen molar-refractivity contribution in [2.45, 2.75) is 39.3 Å². The summed E-state index contributed by atoms with van der Waals surface area (Å²) >= 11 is 0. The molecule has 3 aromatic rings. The Morgan fingerprint density at radius 1 is 1.17 bits per heavy atom. The maximum Gasteiger partial charge on any atom is 0.230 e. The summed E-state index contributed by atoms with van der Waals surface area (Å²) in [6.07, 6.45) is 4.97. The van der Waals surface area contributed by atoms with Gasteiger partial charge in [-0.2, -0.15) is 4.98 Å². The van der Waals surface area contributed by atoms with Gasteiger partial charge in [-0.05, 0) is 46.9 Å². The Hall–Kier alpha value is -3.27. The highest BCUT2D eigenvalue weighted by molar-refractivity contribution is 5.86. The number of hydrogen-bond acceptors (Lipinski definition) is 7. The van der Waals surface area contributed by atoms with E-state index in [0.717, 1.165) is 31.0 Å². The number of rotatable bonds is 5. The van der Waals surface area contributed by atoms with Gasteiger partial charge in [0.05, 0.1) is 29.0 Å². The van der Waals surface area contributed by atoms with Crippen LogP contribution >= 0.6 is 0 Å². The highest BCUT2D eigenvalue weighted by atomic mass is 19.1. The second-order valence-corrected chi connectivity index (χ2v) is 10.7. The second kappa shape index (κ2) is 8.44. The molecule has 0 bridgehead atoms. The second-order valence-electron chi connectivity index (χ2n) is 10.7. The third kappa shape index (κ3) is 4.20. The van der Waals surface area contributed by atoms with Gasteiger partial charge in [-0.25, -0.2) is 14.4 Å². The molecule has 5 rings (SSSR count). The molecule has 2 aliphatic rings. The average molecular weight is 481 g/mol. The number of halogens is 1. The minimum Gasteiger partial charge on any atom is -0.352 e. The molecule has 0 spiro atoms. The van der Waals surface area contributed by atoms with Crippen LogP contribution in [0.3, 0.4) is 0 Å². The Morgan fingerprint density at radius 3 is 2.69 bits per heavy atom. The van der Waals surface area contributed by atoms with Crippen LogP contribution in [0, 0.1) is 11.2 Å². The number of carbonyl (C=O) groups is 1. The lowest BCUT2D eigenvalue weighted by Crippen LogP contribution is -2.64. The summed E-state index contributed by atoms with van der Waals surface area (Å²) in [4.78, 5) is 32.8. The summed E-state index contributed by atoms with van der Waals surface area (Å²) in [6.45, 7) is 11.3. The van der Waals surface area contributed by atoms with Gasteiger partial charge < -0.3 is 24.4 Å². The van der Waals surface area contributed by atoms with Gasteiger partial charge in [-0.3, -0.25) is 4.79 Å². The van der Waals surface area contributed by atoms with Gasteiger partial charge >= 0.3 is 0 Å². The quantitative estimate of drug-likeness (QED) is 0.600. The molecular formula is C25H33FN8O. The van der Waals surface area contributed by atoms with Crippen molar-refractivity contribution < 1.29 is 9.18 Å². The lowest BCUT2D eigenvalue weighted by Gasteiger charge is -2.48. The highest BCUT2D eigenvalue weighted by Crippen LogP contribution is 2.36. The first-order chi connectivity index (χ1) is 16.6. The zero-order valence-electron chi connectivity index (χ0n) is 21.0. The molecule has 35 heavy (non-hydrogen) atoms. The van der Waals surface area contributed by atoms with E-state index in [0.29, 0.717) is 25.1 Å². The average Bonchev–Trinajstić information content (AvgIpc) is 3.24. The standard InChI is InChI=1S/C25H33FN8O/c1-17-14-32(11-10-31(17)5)23-28-12-18(26)21(29-23)33-15-25(4,16-33)22(35)30-24(2,3)19-13-27-20-8-6-7-9-34(19)20/h6-9,12-13,17H,10-11,14-16H2,1-5H3,(H,30,35). The number of carbonyl (C=O) groups excluding carboxylic acids is 1. The van der Waals surface area contributed by atoms with Crippen LogP contribution < -0.4 is 15.1 Å². The molecule has 2 aliphatic heterocycles. The zero-order valence-corrected chi connectivity index (χ0v) is 21.0. The molecular weight excluding hydrogens is 447 g/mol. The molecule has 186 valence electrons. The Labute approximate surface area is 205 Å². The van der Waals surface area contributed by atoms with E-state index in [2.05, 4.69) is 44.0 Å². The first kappa shape index (κ1) is 23.5. The van der Waals surface area contributed by atoms with Crippen LogP contribution in [0.25, 0.3) is 5.65 Å². The van der Waals surface area contributed by atoms with Crippen LogP contribution in [0.4, 0.5) is 16.2 Å². The molecule has 2 fully saturated rings.